The monoisotopic (exact) mass is 185 g/mol. The fourth-order valence-electron chi connectivity index (χ4n) is 0.966. The van der Waals surface area contributed by atoms with Gasteiger partial charge in [-0.2, -0.15) is 0 Å². The van der Waals surface area contributed by atoms with Gasteiger partial charge in [-0.3, -0.25) is 0 Å². The molecule has 3 N–H and O–H groups in total. The SMILES string of the molecule is NC(O)CCc1ccc(Cl)cc1. The Labute approximate surface area is 77.0 Å². The molecule has 1 atom stereocenters. The first-order chi connectivity index (χ1) is 5.68. The molecule has 0 fully saturated rings. The molecular weight excluding hydrogens is 174 g/mol. The minimum atomic E-state index is -0.722. The number of nitrogens with two attached hydrogens (primary N) is 1. The van der Waals surface area contributed by atoms with Crippen molar-refractivity contribution in [3.05, 3.63) is 34.9 Å². The lowest BCUT2D eigenvalue weighted by Gasteiger charge is -2.03. The summed E-state index contributed by atoms with van der Waals surface area (Å²) in [5.41, 5.74) is 6.34. The van der Waals surface area contributed by atoms with E-state index in [-0.39, 0.29) is 0 Å². The van der Waals surface area contributed by atoms with Crippen LogP contribution in [0.25, 0.3) is 0 Å². The molecule has 3 heteroatoms. The summed E-state index contributed by atoms with van der Waals surface area (Å²) in [4.78, 5) is 0. The number of aryl methyl sites for hydroxylation is 1. The molecule has 0 heterocycles. The van der Waals surface area contributed by atoms with Crippen molar-refractivity contribution in [3.8, 4) is 0 Å². The maximum absolute atomic E-state index is 8.82. The largest absolute Gasteiger partial charge is 0.379 e. The fourth-order valence-corrected chi connectivity index (χ4v) is 1.09. The van der Waals surface area contributed by atoms with Gasteiger partial charge in [-0.15, -0.1) is 0 Å². The number of benzene rings is 1. The van der Waals surface area contributed by atoms with Crippen LogP contribution in [0.2, 0.25) is 5.02 Å². The molecule has 0 aromatic heterocycles. The van der Waals surface area contributed by atoms with Crippen molar-refractivity contribution >= 4 is 11.6 Å². The van der Waals surface area contributed by atoms with Crippen molar-refractivity contribution in [2.75, 3.05) is 0 Å². The van der Waals surface area contributed by atoms with E-state index in [4.69, 9.17) is 22.4 Å². The van der Waals surface area contributed by atoms with Gasteiger partial charge in [-0.05, 0) is 30.5 Å². The van der Waals surface area contributed by atoms with Gasteiger partial charge < -0.3 is 10.8 Å². The average molecular weight is 186 g/mol. The van der Waals surface area contributed by atoms with Gasteiger partial charge in [0.2, 0.25) is 0 Å². The number of hydrogen-bond acceptors (Lipinski definition) is 2. The predicted molar refractivity (Wildman–Crippen MR) is 50.0 cm³/mol. The summed E-state index contributed by atoms with van der Waals surface area (Å²) in [5, 5.41) is 9.55. The fraction of sp³-hybridized carbons (Fsp3) is 0.333. The van der Waals surface area contributed by atoms with E-state index < -0.39 is 6.23 Å². The highest BCUT2D eigenvalue weighted by Gasteiger charge is 1.97. The van der Waals surface area contributed by atoms with Crippen LogP contribution in [-0.4, -0.2) is 11.3 Å². The third-order valence-corrected chi connectivity index (χ3v) is 1.89. The van der Waals surface area contributed by atoms with Gasteiger partial charge in [-0.1, -0.05) is 23.7 Å². The zero-order valence-corrected chi connectivity index (χ0v) is 7.46. The Balaban J connectivity index is 2.48. The second-order valence-corrected chi connectivity index (χ2v) is 3.17. The van der Waals surface area contributed by atoms with Crippen LogP contribution in [0.4, 0.5) is 0 Å². The Bertz CT molecular complexity index is 233. The molecule has 0 aliphatic carbocycles. The van der Waals surface area contributed by atoms with Gasteiger partial charge in [0, 0.05) is 5.02 Å². The number of halogens is 1. The quantitative estimate of drug-likeness (QED) is 0.702. The van der Waals surface area contributed by atoms with Crippen LogP contribution in [0.3, 0.4) is 0 Å². The van der Waals surface area contributed by atoms with Crippen LogP contribution >= 0.6 is 11.6 Å². The Hall–Kier alpha value is -0.570. The van der Waals surface area contributed by atoms with Crippen LogP contribution in [-0.2, 0) is 6.42 Å². The Morgan fingerprint density at radius 1 is 1.33 bits per heavy atom. The average Bonchev–Trinajstić information content (AvgIpc) is 2.03. The van der Waals surface area contributed by atoms with Crippen molar-refractivity contribution < 1.29 is 5.11 Å². The van der Waals surface area contributed by atoms with E-state index in [1.807, 2.05) is 24.3 Å². The molecule has 0 amide bonds. The molecule has 2 nitrogen and oxygen atoms in total. The van der Waals surface area contributed by atoms with Crippen molar-refractivity contribution in [3.63, 3.8) is 0 Å². The highest BCUT2D eigenvalue weighted by Crippen LogP contribution is 2.10. The molecule has 0 aliphatic heterocycles. The maximum atomic E-state index is 8.82. The van der Waals surface area contributed by atoms with Gasteiger partial charge in [0.25, 0.3) is 0 Å². The lowest BCUT2D eigenvalue weighted by atomic mass is 10.1. The first-order valence-corrected chi connectivity index (χ1v) is 4.24. The standard InChI is InChI=1S/C9H12ClNO/c10-8-4-1-7(2-5-8)3-6-9(11)12/h1-2,4-5,9,12H,3,6,11H2. The van der Waals surface area contributed by atoms with Gasteiger partial charge in [0.15, 0.2) is 0 Å². The summed E-state index contributed by atoms with van der Waals surface area (Å²) in [6, 6.07) is 7.54. The van der Waals surface area contributed by atoms with Gasteiger partial charge in [0.1, 0.15) is 6.23 Å². The highest BCUT2D eigenvalue weighted by atomic mass is 35.5. The zero-order chi connectivity index (χ0) is 8.97. The molecular formula is C9H12ClNO. The third kappa shape index (κ3) is 3.22. The topological polar surface area (TPSA) is 46.2 Å². The van der Waals surface area contributed by atoms with E-state index in [1.165, 1.54) is 0 Å². The molecule has 0 saturated carbocycles. The van der Waals surface area contributed by atoms with Gasteiger partial charge in [-0.25, -0.2) is 0 Å². The molecule has 0 bridgehead atoms. The summed E-state index contributed by atoms with van der Waals surface area (Å²) >= 11 is 5.70. The molecule has 1 aromatic carbocycles. The molecule has 1 rings (SSSR count). The molecule has 12 heavy (non-hydrogen) atoms. The van der Waals surface area contributed by atoms with E-state index in [9.17, 15) is 0 Å². The lowest BCUT2D eigenvalue weighted by Crippen LogP contribution is -2.19. The van der Waals surface area contributed by atoms with Crippen molar-refractivity contribution in [2.45, 2.75) is 19.1 Å². The number of aliphatic hydroxyl groups excluding tert-OH is 1. The van der Waals surface area contributed by atoms with Crippen LogP contribution in [0, 0.1) is 0 Å². The van der Waals surface area contributed by atoms with Crippen molar-refractivity contribution in [1.29, 1.82) is 0 Å². The first-order valence-electron chi connectivity index (χ1n) is 3.86. The molecule has 0 aliphatic rings. The Morgan fingerprint density at radius 3 is 2.42 bits per heavy atom. The molecule has 66 valence electrons. The van der Waals surface area contributed by atoms with Crippen molar-refractivity contribution in [1.82, 2.24) is 0 Å². The number of aliphatic hydroxyl groups is 1. The Kier molecular flexibility index (Phi) is 3.53. The van der Waals surface area contributed by atoms with Crippen LogP contribution in [0.15, 0.2) is 24.3 Å². The minimum absolute atomic E-state index is 0.585. The smallest absolute Gasteiger partial charge is 0.102 e. The second kappa shape index (κ2) is 4.45. The highest BCUT2D eigenvalue weighted by molar-refractivity contribution is 6.30. The van der Waals surface area contributed by atoms with Crippen molar-refractivity contribution in [2.24, 2.45) is 5.73 Å². The van der Waals surface area contributed by atoms with Crippen LogP contribution < -0.4 is 5.73 Å². The number of rotatable bonds is 3. The molecule has 1 unspecified atom stereocenters. The minimum Gasteiger partial charge on any atom is -0.379 e. The predicted octanol–water partition coefficient (Wildman–Crippen LogP) is 1.55. The third-order valence-electron chi connectivity index (χ3n) is 1.64. The van der Waals surface area contributed by atoms with E-state index in [2.05, 4.69) is 0 Å². The maximum Gasteiger partial charge on any atom is 0.102 e. The van der Waals surface area contributed by atoms with E-state index in [0.29, 0.717) is 6.42 Å². The van der Waals surface area contributed by atoms with E-state index >= 15 is 0 Å². The summed E-state index contributed by atoms with van der Waals surface area (Å²) in [6.07, 6.45) is 0.650. The summed E-state index contributed by atoms with van der Waals surface area (Å²) in [5.74, 6) is 0. The lowest BCUT2D eigenvalue weighted by molar-refractivity contribution is 0.172. The molecule has 0 radical (unpaired) electrons. The number of hydrogen-bond donors (Lipinski definition) is 2. The Morgan fingerprint density at radius 2 is 1.92 bits per heavy atom. The van der Waals surface area contributed by atoms with Crippen LogP contribution in [0.5, 0.6) is 0 Å². The zero-order valence-electron chi connectivity index (χ0n) is 6.70. The van der Waals surface area contributed by atoms with Crippen LogP contribution in [0.1, 0.15) is 12.0 Å². The summed E-state index contributed by atoms with van der Waals surface area (Å²) in [7, 11) is 0. The normalized spacial score (nSPS) is 12.9. The molecule has 0 spiro atoms. The van der Waals surface area contributed by atoms with E-state index in [0.717, 1.165) is 17.0 Å². The first kappa shape index (κ1) is 9.52. The van der Waals surface area contributed by atoms with E-state index in [1.54, 1.807) is 0 Å². The van der Waals surface area contributed by atoms with Gasteiger partial charge in [0.05, 0.1) is 0 Å². The summed E-state index contributed by atoms with van der Waals surface area (Å²) < 4.78 is 0. The molecule has 1 aromatic rings. The summed E-state index contributed by atoms with van der Waals surface area (Å²) in [6.45, 7) is 0. The molecule has 0 saturated heterocycles. The second-order valence-electron chi connectivity index (χ2n) is 2.73. The van der Waals surface area contributed by atoms with Gasteiger partial charge >= 0.3 is 0 Å².